The van der Waals surface area contributed by atoms with Crippen molar-refractivity contribution in [1.82, 2.24) is 9.55 Å². The zero-order valence-corrected chi connectivity index (χ0v) is 11.5. The van der Waals surface area contributed by atoms with E-state index in [2.05, 4.69) is 4.98 Å². The van der Waals surface area contributed by atoms with Gasteiger partial charge in [-0.3, -0.25) is 9.59 Å². The zero-order valence-electron chi connectivity index (χ0n) is 11.5. The van der Waals surface area contributed by atoms with E-state index < -0.39 is 5.97 Å². The van der Waals surface area contributed by atoms with Gasteiger partial charge in [0.1, 0.15) is 0 Å². The maximum atomic E-state index is 12.5. The molecule has 1 aliphatic carbocycles. The molecule has 2 fully saturated rings. The Bertz CT molecular complexity index is 579. The van der Waals surface area contributed by atoms with Crippen molar-refractivity contribution in [3.05, 3.63) is 22.7 Å². The highest BCUT2D eigenvalue weighted by Gasteiger charge is 2.33. The number of carbonyl (C=O) groups is 1. The molecule has 0 aromatic carbocycles. The van der Waals surface area contributed by atoms with Crippen LogP contribution in [0.1, 0.15) is 38.6 Å². The van der Waals surface area contributed by atoms with Gasteiger partial charge in [0, 0.05) is 31.0 Å². The second-order valence-corrected chi connectivity index (χ2v) is 5.80. The zero-order chi connectivity index (χ0) is 14.3. The topological polar surface area (TPSA) is 75.4 Å². The monoisotopic (exact) mass is 277 g/mol. The smallest absolute Gasteiger partial charge is 0.306 e. The van der Waals surface area contributed by atoms with Crippen LogP contribution < -0.4 is 10.5 Å². The number of aromatic nitrogens is 2. The summed E-state index contributed by atoms with van der Waals surface area (Å²) in [5.41, 5.74) is -0.0457. The van der Waals surface area contributed by atoms with E-state index in [1.54, 1.807) is 17.0 Å². The third-order valence-corrected chi connectivity index (χ3v) is 4.29. The van der Waals surface area contributed by atoms with Crippen LogP contribution in [0.2, 0.25) is 0 Å². The Morgan fingerprint density at radius 2 is 2.15 bits per heavy atom. The van der Waals surface area contributed by atoms with Gasteiger partial charge < -0.3 is 14.6 Å². The van der Waals surface area contributed by atoms with Crippen LogP contribution in [0.15, 0.2) is 17.2 Å². The van der Waals surface area contributed by atoms with Crippen LogP contribution in [0.5, 0.6) is 0 Å². The minimum atomic E-state index is -0.743. The Kier molecular flexibility index (Phi) is 3.23. The summed E-state index contributed by atoms with van der Waals surface area (Å²) in [6, 6.07) is 0.358. The SMILES string of the molecule is CC1CC(C(=O)O)CCN1c1nccn(C2CC2)c1=O. The van der Waals surface area contributed by atoms with Gasteiger partial charge in [0.05, 0.1) is 5.92 Å². The Hall–Kier alpha value is -1.85. The van der Waals surface area contributed by atoms with Gasteiger partial charge in [0.15, 0.2) is 5.82 Å². The molecule has 2 unspecified atom stereocenters. The Morgan fingerprint density at radius 3 is 2.75 bits per heavy atom. The van der Waals surface area contributed by atoms with Gasteiger partial charge in [-0.15, -0.1) is 0 Å². The molecule has 6 nitrogen and oxygen atoms in total. The Morgan fingerprint density at radius 1 is 1.40 bits per heavy atom. The summed E-state index contributed by atoms with van der Waals surface area (Å²) < 4.78 is 1.76. The van der Waals surface area contributed by atoms with Crippen molar-refractivity contribution in [3.8, 4) is 0 Å². The maximum Gasteiger partial charge on any atom is 0.306 e. The number of hydrogen-bond donors (Lipinski definition) is 1. The first-order valence-electron chi connectivity index (χ1n) is 7.14. The number of carboxylic acids is 1. The molecule has 1 aromatic rings. The lowest BCUT2D eigenvalue weighted by Crippen LogP contribution is -2.46. The number of aliphatic carboxylic acids is 1. The summed E-state index contributed by atoms with van der Waals surface area (Å²) in [5, 5.41) is 9.09. The van der Waals surface area contributed by atoms with E-state index in [9.17, 15) is 9.59 Å². The molecule has 3 rings (SSSR count). The number of rotatable bonds is 3. The van der Waals surface area contributed by atoms with Gasteiger partial charge in [0.2, 0.25) is 0 Å². The third-order valence-electron chi connectivity index (χ3n) is 4.29. The molecule has 1 saturated heterocycles. The van der Waals surface area contributed by atoms with E-state index in [1.165, 1.54) is 0 Å². The summed E-state index contributed by atoms with van der Waals surface area (Å²) in [6.45, 7) is 2.54. The molecule has 1 N–H and O–H groups in total. The largest absolute Gasteiger partial charge is 0.481 e. The predicted octanol–water partition coefficient (Wildman–Crippen LogP) is 1.27. The lowest BCUT2D eigenvalue weighted by Gasteiger charge is -2.36. The molecular formula is C14H19N3O3. The lowest BCUT2D eigenvalue weighted by atomic mass is 9.92. The van der Waals surface area contributed by atoms with Crippen LogP contribution in [0.4, 0.5) is 5.82 Å². The van der Waals surface area contributed by atoms with Crippen LogP contribution >= 0.6 is 0 Å². The highest BCUT2D eigenvalue weighted by atomic mass is 16.4. The minimum Gasteiger partial charge on any atom is -0.481 e. The van der Waals surface area contributed by atoms with E-state index in [-0.39, 0.29) is 17.5 Å². The molecule has 108 valence electrons. The van der Waals surface area contributed by atoms with E-state index >= 15 is 0 Å². The number of anilines is 1. The second kappa shape index (κ2) is 4.92. The summed E-state index contributed by atoms with van der Waals surface area (Å²) >= 11 is 0. The first kappa shape index (κ1) is 13.1. The molecular weight excluding hydrogens is 258 g/mol. The second-order valence-electron chi connectivity index (χ2n) is 5.80. The third kappa shape index (κ3) is 2.30. The highest BCUT2D eigenvalue weighted by molar-refractivity contribution is 5.70. The van der Waals surface area contributed by atoms with Crippen molar-refractivity contribution in [1.29, 1.82) is 0 Å². The average Bonchev–Trinajstić information content (AvgIpc) is 3.23. The first-order chi connectivity index (χ1) is 9.58. The van der Waals surface area contributed by atoms with Crippen LogP contribution in [-0.2, 0) is 4.79 Å². The molecule has 0 amide bonds. The van der Waals surface area contributed by atoms with Crippen molar-refractivity contribution in [2.24, 2.45) is 5.92 Å². The van der Waals surface area contributed by atoms with Crippen LogP contribution in [0.25, 0.3) is 0 Å². The van der Waals surface area contributed by atoms with Crippen LogP contribution in [0, 0.1) is 5.92 Å². The minimum absolute atomic E-state index is 0.0279. The molecule has 2 aliphatic rings. The highest BCUT2D eigenvalue weighted by Crippen LogP contribution is 2.33. The fourth-order valence-corrected chi connectivity index (χ4v) is 2.96. The average molecular weight is 277 g/mol. The standard InChI is InChI=1S/C14H19N3O3/c1-9-8-10(14(19)20)4-6-16(9)12-13(18)17(7-5-15-12)11-2-3-11/h5,7,9-11H,2-4,6,8H2,1H3,(H,19,20). The normalized spacial score (nSPS) is 26.6. The molecule has 2 heterocycles. The quantitative estimate of drug-likeness (QED) is 0.900. The van der Waals surface area contributed by atoms with Crippen LogP contribution in [0.3, 0.4) is 0 Å². The summed E-state index contributed by atoms with van der Waals surface area (Å²) in [6.07, 6.45) is 6.66. The lowest BCUT2D eigenvalue weighted by molar-refractivity contribution is -0.142. The van der Waals surface area contributed by atoms with E-state index in [4.69, 9.17) is 5.11 Å². The number of nitrogens with zero attached hydrogens (tertiary/aromatic N) is 3. The first-order valence-corrected chi connectivity index (χ1v) is 7.14. The fourth-order valence-electron chi connectivity index (χ4n) is 2.96. The molecule has 1 aliphatic heterocycles. The number of piperidine rings is 1. The molecule has 0 bridgehead atoms. The van der Waals surface area contributed by atoms with Gasteiger partial charge in [0.25, 0.3) is 5.56 Å². The summed E-state index contributed by atoms with van der Waals surface area (Å²) in [7, 11) is 0. The van der Waals surface area contributed by atoms with Crippen LogP contribution in [-0.4, -0.2) is 33.2 Å². The van der Waals surface area contributed by atoms with Gasteiger partial charge in [-0.25, -0.2) is 4.98 Å². The van der Waals surface area contributed by atoms with E-state index in [0.717, 1.165) is 12.8 Å². The van der Waals surface area contributed by atoms with Gasteiger partial charge in [-0.05, 0) is 32.6 Å². The molecule has 0 spiro atoms. The summed E-state index contributed by atoms with van der Waals surface area (Å²) in [5.74, 6) is -0.584. The number of carboxylic acid groups (broad SMARTS) is 1. The van der Waals surface area contributed by atoms with Gasteiger partial charge in [-0.1, -0.05) is 0 Å². The molecule has 1 saturated carbocycles. The van der Waals surface area contributed by atoms with Crippen molar-refractivity contribution < 1.29 is 9.90 Å². The van der Waals surface area contributed by atoms with Gasteiger partial charge >= 0.3 is 5.97 Å². The maximum absolute atomic E-state index is 12.5. The molecule has 20 heavy (non-hydrogen) atoms. The Balaban J connectivity index is 1.85. The molecule has 6 heteroatoms. The van der Waals surface area contributed by atoms with Crippen molar-refractivity contribution in [3.63, 3.8) is 0 Å². The van der Waals surface area contributed by atoms with E-state index in [0.29, 0.717) is 31.2 Å². The fraction of sp³-hybridized carbons (Fsp3) is 0.643. The molecule has 1 aromatic heterocycles. The van der Waals surface area contributed by atoms with Crippen molar-refractivity contribution in [2.75, 3.05) is 11.4 Å². The van der Waals surface area contributed by atoms with Gasteiger partial charge in [-0.2, -0.15) is 0 Å². The molecule has 0 radical (unpaired) electrons. The van der Waals surface area contributed by atoms with E-state index in [1.807, 2.05) is 11.8 Å². The molecule has 2 atom stereocenters. The van der Waals surface area contributed by atoms with Crippen molar-refractivity contribution in [2.45, 2.75) is 44.7 Å². The summed E-state index contributed by atoms with van der Waals surface area (Å²) in [4.78, 5) is 29.7. The number of hydrogen-bond acceptors (Lipinski definition) is 4. The Labute approximate surface area is 117 Å². The predicted molar refractivity (Wildman–Crippen MR) is 73.9 cm³/mol. The van der Waals surface area contributed by atoms with Crippen molar-refractivity contribution >= 4 is 11.8 Å².